The Morgan fingerprint density at radius 2 is 1.89 bits per heavy atom. The minimum atomic E-state index is -0.621. The highest BCUT2D eigenvalue weighted by Gasteiger charge is 2.23. The van der Waals surface area contributed by atoms with Crippen LogP contribution in [0.1, 0.15) is 5.69 Å². The van der Waals surface area contributed by atoms with Crippen molar-refractivity contribution in [3.05, 3.63) is 69.7 Å². The van der Waals surface area contributed by atoms with Crippen LogP contribution in [0, 0.1) is 6.92 Å². The molecule has 0 spiro atoms. The van der Waals surface area contributed by atoms with Gasteiger partial charge in [-0.05, 0) is 31.2 Å². The molecule has 4 heterocycles. The number of nitrogens with zero attached hydrogens (tertiary/aromatic N) is 5. The largest absolute Gasteiger partial charge is 0.349 e. The second-order valence-corrected chi connectivity index (χ2v) is 9.44. The number of hydrogen-bond acceptors (Lipinski definition) is 8. The first-order valence-corrected chi connectivity index (χ1v) is 12.0. The van der Waals surface area contributed by atoms with Crippen LogP contribution >= 0.6 is 11.6 Å². The van der Waals surface area contributed by atoms with Crippen LogP contribution in [0.4, 0.5) is 5.95 Å². The number of ether oxygens (including phenoxy) is 2. The van der Waals surface area contributed by atoms with E-state index in [9.17, 15) is 4.79 Å². The van der Waals surface area contributed by atoms with Gasteiger partial charge in [-0.2, -0.15) is 4.98 Å². The summed E-state index contributed by atoms with van der Waals surface area (Å²) in [7, 11) is 3.69. The molecule has 2 N–H and O–H groups in total. The quantitative estimate of drug-likeness (QED) is 0.439. The molecule has 3 aromatic heterocycles. The summed E-state index contributed by atoms with van der Waals surface area (Å²) < 4.78 is 13.0. The molecule has 10 heteroatoms. The standard InChI is InChI=1S/C26H27ClN6O3/c1-15-5-4-6-22(30-15)16-7-8-19(21(27)10-16)20-9-17-11-29-26(32(2)3)31-24(17)33(25(20)34)12-23-35-13-18(28)14-36-23/h4-11,18,23H,12-14,28H2,1-3H3. The molecule has 1 aliphatic rings. The predicted octanol–water partition coefficient (Wildman–Crippen LogP) is 3.25. The average Bonchev–Trinajstić information content (AvgIpc) is 2.86. The van der Waals surface area contributed by atoms with E-state index >= 15 is 0 Å². The van der Waals surface area contributed by atoms with E-state index in [2.05, 4.69) is 15.0 Å². The van der Waals surface area contributed by atoms with E-state index in [4.69, 9.17) is 26.8 Å². The summed E-state index contributed by atoms with van der Waals surface area (Å²) in [6.45, 7) is 2.81. The van der Waals surface area contributed by atoms with Crippen LogP contribution in [-0.2, 0) is 16.0 Å². The third-order valence-corrected chi connectivity index (χ3v) is 6.29. The Kier molecular flexibility index (Phi) is 6.72. The molecular formula is C26H27ClN6O3. The van der Waals surface area contributed by atoms with Crippen molar-refractivity contribution in [2.45, 2.75) is 25.8 Å². The Balaban J connectivity index is 1.62. The minimum absolute atomic E-state index is 0.155. The normalized spacial score (nSPS) is 17.9. The average molecular weight is 507 g/mol. The molecule has 0 saturated carbocycles. The highest BCUT2D eigenvalue weighted by molar-refractivity contribution is 6.33. The number of rotatable bonds is 5. The van der Waals surface area contributed by atoms with Gasteiger partial charge in [-0.25, -0.2) is 4.98 Å². The van der Waals surface area contributed by atoms with Crippen molar-refractivity contribution in [2.24, 2.45) is 5.73 Å². The van der Waals surface area contributed by atoms with Crippen molar-refractivity contribution >= 4 is 28.6 Å². The lowest BCUT2D eigenvalue weighted by Crippen LogP contribution is -2.43. The zero-order valence-electron chi connectivity index (χ0n) is 20.3. The fourth-order valence-electron chi connectivity index (χ4n) is 4.14. The number of fused-ring (bicyclic) bond motifs is 1. The second-order valence-electron chi connectivity index (χ2n) is 9.03. The molecule has 1 aromatic carbocycles. The molecule has 1 aliphatic heterocycles. The van der Waals surface area contributed by atoms with Crippen molar-refractivity contribution in [1.29, 1.82) is 0 Å². The molecular weight excluding hydrogens is 480 g/mol. The summed E-state index contributed by atoms with van der Waals surface area (Å²) in [5, 5.41) is 1.14. The maximum Gasteiger partial charge on any atom is 0.260 e. The van der Waals surface area contributed by atoms with Gasteiger partial charge in [-0.1, -0.05) is 29.8 Å². The maximum absolute atomic E-state index is 13.8. The van der Waals surface area contributed by atoms with Gasteiger partial charge in [-0.15, -0.1) is 0 Å². The second kappa shape index (κ2) is 9.94. The van der Waals surface area contributed by atoms with Crippen LogP contribution < -0.4 is 16.2 Å². The monoisotopic (exact) mass is 506 g/mol. The Morgan fingerprint density at radius 3 is 2.58 bits per heavy atom. The fraction of sp³-hybridized carbons (Fsp3) is 0.308. The van der Waals surface area contributed by atoms with Crippen molar-refractivity contribution in [3.63, 3.8) is 0 Å². The number of halogens is 1. The third-order valence-electron chi connectivity index (χ3n) is 5.98. The predicted molar refractivity (Wildman–Crippen MR) is 140 cm³/mol. The first-order chi connectivity index (χ1) is 17.3. The van der Waals surface area contributed by atoms with Gasteiger partial charge in [0.25, 0.3) is 5.56 Å². The number of pyridine rings is 2. The molecule has 0 atom stereocenters. The van der Waals surface area contributed by atoms with Crippen molar-refractivity contribution < 1.29 is 9.47 Å². The topological polar surface area (TPSA) is 108 Å². The van der Waals surface area contributed by atoms with Crippen LogP contribution in [0.5, 0.6) is 0 Å². The van der Waals surface area contributed by atoms with E-state index in [-0.39, 0.29) is 18.1 Å². The summed E-state index contributed by atoms with van der Waals surface area (Å²) in [6, 6.07) is 13.0. The van der Waals surface area contributed by atoms with Crippen LogP contribution in [0.25, 0.3) is 33.4 Å². The molecule has 1 saturated heterocycles. The maximum atomic E-state index is 13.8. The smallest absolute Gasteiger partial charge is 0.260 e. The van der Waals surface area contributed by atoms with Crippen LogP contribution in [0.15, 0.2) is 53.5 Å². The zero-order chi connectivity index (χ0) is 25.4. The molecule has 0 bridgehead atoms. The van der Waals surface area contributed by atoms with E-state index in [0.29, 0.717) is 46.3 Å². The summed E-state index contributed by atoms with van der Waals surface area (Å²) in [5.74, 6) is 0.490. The van der Waals surface area contributed by atoms with Gasteiger partial charge in [0.15, 0.2) is 6.29 Å². The Morgan fingerprint density at radius 1 is 1.11 bits per heavy atom. The zero-order valence-corrected chi connectivity index (χ0v) is 21.1. The Bertz CT molecular complexity index is 1480. The number of hydrogen-bond donors (Lipinski definition) is 1. The molecule has 0 unspecified atom stereocenters. The summed E-state index contributed by atoms with van der Waals surface area (Å²) in [5.41, 5.74) is 9.75. The van der Waals surface area contributed by atoms with Gasteiger partial charge < -0.3 is 20.1 Å². The van der Waals surface area contributed by atoms with Gasteiger partial charge in [-0.3, -0.25) is 14.3 Å². The summed E-state index contributed by atoms with van der Waals surface area (Å²) >= 11 is 6.73. The lowest BCUT2D eigenvalue weighted by atomic mass is 10.0. The number of benzene rings is 1. The van der Waals surface area contributed by atoms with Gasteiger partial charge >= 0.3 is 0 Å². The lowest BCUT2D eigenvalue weighted by Gasteiger charge is -2.28. The van der Waals surface area contributed by atoms with E-state index in [1.165, 1.54) is 0 Å². The summed E-state index contributed by atoms with van der Waals surface area (Å²) in [4.78, 5) is 29.3. The SMILES string of the molecule is Cc1cccc(-c2ccc(-c3cc4cnc(N(C)C)nc4n(CC4OCC(N)CO4)c3=O)c(Cl)c2)n1. The van der Waals surface area contributed by atoms with Crippen molar-refractivity contribution in [1.82, 2.24) is 19.5 Å². The van der Waals surface area contributed by atoms with E-state index in [1.54, 1.807) is 21.7 Å². The van der Waals surface area contributed by atoms with Gasteiger partial charge in [0.2, 0.25) is 5.95 Å². The van der Waals surface area contributed by atoms with Crippen LogP contribution in [0.3, 0.4) is 0 Å². The molecule has 4 aromatic rings. The molecule has 1 fully saturated rings. The van der Waals surface area contributed by atoms with Crippen LogP contribution in [-0.4, -0.2) is 59.2 Å². The highest BCUT2D eigenvalue weighted by atomic mass is 35.5. The summed E-state index contributed by atoms with van der Waals surface area (Å²) in [6.07, 6.45) is 1.08. The number of nitrogens with two attached hydrogens (primary N) is 1. The molecule has 0 aliphatic carbocycles. The lowest BCUT2D eigenvalue weighted by molar-refractivity contribution is -0.191. The molecule has 186 valence electrons. The third kappa shape index (κ3) is 4.83. The van der Waals surface area contributed by atoms with Gasteiger partial charge in [0.1, 0.15) is 5.65 Å². The minimum Gasteiger partial charge on any atom is -0.349 e. The van der Waals surface area contributed by atoms with Gasteiger partial charge in [0.05, 0.1) is 31.5 Å². The van der Waals surface area contributed by atoms with Gasteiger partial charge in [0, 0.05) is 53.1 Å². The van der Waals surface area contributed by atoms with Crippen molar-refractivity contribution in [2.75, 3.05) is 32.2 Å². The molecule has 5 rings (SSSR count). The Hall–Kier alpha value is -3.37. The Labute approximate surface area is 213 Å². The number of aryl methyl sites for hydroxylation is 1. The number of anilines is 1. The van der Waals surface area contributed by atoms with Crippen molar-refractivity contribution in [3.8, 4) is 22.4 Å². The fourth-order valence-corrected chi connectivity index (χ4v) is 4.42. The molecule has 0 radical (unpaired) electrons. The highest BCUT2D eigenvalue weighted by Crippen LogP contribution is 2.32. The molecule has 0 amide bonds. The first-order valence-electron chi connectivity index (χ1n) is 11.6. The van der Waals surface area contributed by atoms with E-state index < -0.39 is 6.29 Å². The van der Waals surface area contributed by atoms with Crippen LogP contribution in [0.2, 0.25) is 5.02 Å². The van der Waals surface area contributed by atoms with E-state index in [1.807, 2.05) is 57.4 Å². The molecule has 9 nitrogen and oxygen atoms in total. The number of aromatic nitrogens is 4. The molecule has 36 heavy (non-hydrogen) atoms. The van der Waals surface area contributed by atoms with E-state index in [0.717, 1.165) is 17.0 Å². The first kappa shape index (κ1) is 24.3.